The Hall–Kier alpha value is -2.40. The van der Waals surface area contributed by atoms with Crippen molar-refractivity contribution in [2.24, 2.45) is 0 Å². The summed E-state index contributed by atoms with van der Waals surface area (Å²) in [6, 6.07) is 6.23. The summed E-state index contributed by atoms with van der Waals surface area (Å²) in [5.41, 5.74) is 5.32. The van der Waals surface area contributed by atoms with E-state index < -0.39 is 0 Å². The lowest BCUT2D eigenvalue weighted by Gasteiger charge is -2.40. The second-order valence-electron chi connectivity index (χ2n) is 6.66. The van der Waals surface area contributed by atoms with Gasteiger partial charge in [0.1, 0.15) is 0 Å². The molecule has 2 aliphatic rings. The lowest BCUT2D eigenvalue weighted by atomic mass is 9.76. The molecule has 0 fully saturated rings. The summed E-state index contributed by atoms with van der Waals surface area (Å²) in [6.07, 6.45) is 1.82. The number of rotatable bonds is 3. The molecule has 0 spiro atoms. The van der Waals surface area contributed by atoms with Gasteiger partial charge in [0, 0.05) is 23.7 Å². The molecular weight excluding hydrogens is 318 g/mol. The topological polar surface area (TPSA) is 51.2 Å². The number of phenols is 1. The molecule has 2 aromatic rings. The van der Waals surface area contributed by atoms with Crippen LogP contribution in [0.2, 0.25) is 0 Å². The van der Waals surface area contributed by atoms with Crippen LogP contribution in [0.1, 0.15) is 22.7 Å². The average Bonchev–Trinajstić information content (AvgIpc) is 2.64. The van der Waals surface area contributed by atoms with E-state index in [1.54, 1.807) is 21.3 Å². The molecule has 1 aliphatic carbocycles. The second-order valence-corrected chi connectivity index (χ2v) is 6.66. The van der Waals surface area contributed by atoms with Gasteiger partial charge in [0.25, 0.3) is 0 Å². The standard InChI is InChI=1S/C20H23NO4/c1-21-8-7-12-10-15(24-3)19(22)18-16(12)13(21)9-11-5-6-14(23-2)20(25-4)17(11)18/h5-6,10,13,22H,7-9H2,1-4H3/t13-/m1/s1. The molecule has 5 nitrogen and oxygen atoms in total. The minimum absolute atomic E-state index is 0.175. The van der Waals surface area contributed by atoms with Gasteiger partial charge in [-0.05, 0) is 48.7 Å². The first-order valence-electron chi connectivity index (χ1n) is 8.47. The second kappa shape index (κ2) is 5.85. The monoisotopic (exact) mass is 341 g/mol. The molecule has 1 heterocycles. The summed E-state index contributed by atoms with van der Waals surface area (Å²) in [7, 11) is 7.00. The summed E-state index contributed by atoms with van der Waals surface area (Å²) in [5, 5.41) is 11.0. The van der Waals surface area contributed by atoms with Gasteiger partial charge in [-0.25, -0.2) is 0 Å². The van der Waals surface area contributed by atoms with E-state index in [1.807, 2.05) is 12.1 Å². The Labute approximate surface area is 147 Å². The van der Waals surface area contributed by atoms with Crippen molar-refractivity contribution in [3.05, 3.63) is 34.9 Å². The summed E-state index contributed by atoms with van der Waals surface area (Å²) in [6.45, 7) is 0.994. The van der Waals surface area contributed by atoms with Crippen LogP contribution in [0.25, 0.3) is 11.1 Å². The van der Waals surface area contributed by atoms with Crippen LogP contribution in [0.5, 0.6) is 23.0 Å². The first-order chi connectivity index (χ1) is 12.1. The van der Waals surface area contributed by atoms with Crippen molar-refractivity contribution < 1.29 is 19.3 Å². The number of hydrogen-bond acceptors (Lipinski definition) is 5. The molecule has 0 amide bonds. The largest absolute Gasteiger partial charge is 0.504 e. The number of fused-ring (bicyclic) bond motifs is 2. The van der Waals surface area contributed by atoms with Crippen LogP contribution in [-0.4, -0.2) is 44.9 Å². The molecule has 0 bridgehead atoms. The predicted molar refractivity (Wildman–Crippen MR) is 96.0 cm³/mol. The van der Waals surface area contributed by atoms with Crippen molar-refractivity contribution in [3.63, 3.8) is 0 Å². The molecule has 1 aliphatic heterocycles. The number of likely N-dealkylation sites (N-methyl/N-ethyl adjacent to an activating group) is 1. The molecule has 25 heavy (non-hydrogen) atoms. The molecule has 4 rings (SSSR count). The number of aromatic hydroxyl groups is 1. The molecule has 0 aromatic heterocycles. The van der Waals surface area contributed by atoms with Gasteiger partial charge in [0.2, 0.25) is 0 Å². The van der Waals surface area contributed by atoms with Gasteiger partial charge in [-0.1, -0.05) is 6.07 Å². The van der Waals surface area contributed by atoms with Crippen molar-refractivity contribution >= 4 is 0 Å². The van der Waals surface area contributed by atoms with Crippen molar-refractivity contribution in [2.45, 2.75) is 18.9 Å². The van der Waals surface area contributed by atoms with Crippen LogP contribution in [0.3, 0.4) is 0 Å². The Kier molecular flexibility index (Phi) is 3.76. The minimum Gasteiger partial charge on any atom is -0.504 e. The SMILES string of the molecule is COc1cc2c3c(c1O)-c1c(ccc(OC)c1OC)C[C@H]3N(C)CC2. The highest BCUT2D eigenvalue weighted by molar-refractivity contribution is 5.88. The van der Waals surface area contributed by atoms with Crippen LogP contribution < -0.4 is 14.2 Å². The fourth-order valence-corrected chi connectivity index (χ4v) is 4.26. The molecule has 1 N–H and O–H groups in total. The van der Waals surface area contributed by atoms with Crippen molar-refractivity contribution in [1.82, 2.24) is 4.90 Å². The summed E-state index contributed by atoms with van der Waals surface area (Å²) >= 11 is 0. The number of ether oxygens (including phenoxy) is 3. The number of benzene rings is 2. The van der Waals surface area contributed by atoms with Crippen molar-refractivity contribution in [1.29, 1.82) is 0 Å². The predicted octanol–water partition coefficient (Wildman–Crippen LogP) is 3.17. The third-order valence-electron chi connectivity index (χ3n) is 5.51. The Morgan fingerprint density at radius 2 is 1.76 bits per heavy atom. The molecule has 0 saturated heterocycles. The summed E-state index contributed by atoms with van der Waals surface area (Å²) < 4.78 is 16.6. The summed E-state index contributed by atoms with van der Waals surface area (Å²) in [4.78, 5) is 2.36. The molecule has 2 aromatic carbocycles. The Balaban J connectivity index is 2.10. The van der Waals surface area contributed by atoms with E-state index in [1.165, 1.54) is 11.1 Å². The first kappa shape index (κ1) is 16.1. The fourth-order valence-electron chi connectivity index (χ4n) is 4.26. The van der Waals surface area contributed by atoms with Gasteiger partial charge in [0.15, 0.2) is 23.0 Å². The molecule has 0 radical (unpaired) electrons. The van der Waals surface area contributed by atoms with E-state index in [9.17, 15) is 5.11 Å². The van der Waals surface area contributed by atoms with E-state index >= 15 is 0 Å². The maximum Gasteiger partial charge on any atom is 0.168 e. The van der Waals surface area contributed by atoms with E-state index in [-0.39, 0.29) is 11.8 Å². The lowest BCUT2D eigenvalue weighted by molar-refractivity contribution is 0.226. The molecule has 132 valence electrons. The van der Waals surface area contributed by atoms with Crippen LogP contribution in [-0.2, 0) is 12.8 Å². The normalized spacial score (nSPS) is 18.3. The molecule has 0 unspecified atom stereocenters. The first-order valence-corrected chi connectivity index (χ1v) is 8.47. The quantitative estimate of drug-likeness (QED) is 0.929. The lowest BCUT2D eigenvalue weighted by Crippen LogP contribution is -2.35. The highest BCUT2D eigenvalue weighted by Crippen LogP contribution is 2.55. The van der Waals surface area contributed by atoms with E-state index in [4.69, 9.17) is 14.2 Å². The van der Waals surface area contributed by atoms with Crippen LogP contribution in [0.15, 0.2) is 18.2 Å². The van der Waals surface area contributed by atoms with Crippen molar-refractivity contribution in [2.75, 3.05) is 34.9 Å². The van der Waals surface area contributed by atoms with Crippen molar-refractivity contribution in [3.8, 4) is 34.1 Å². The van der Waals surface area contributed by atoms with Crippen LogP contribution in [0, 0.1) is 0 Å². The van der Waals surface area contributed by atoms with Gasteiger partial charge >= 0.3 is 0 Å². The van der Waals surface area contributed by atoms with Gasteiger partial charge < -0.3 is 19.3 Å². The van der Waals surface area contributed by atoms with E-state index in [2.05, 4.69) is 18.0 Å². The minimum atomic E-state index is 0.175. The summed E-state index contributed by atoms with van der Waals surface area (Å²) in [5.74, 6) is 2.01. The Bertz CT molecular complexity index is 846. The third kappa shape index (κ3) is 2.19. The average molecular weight is 341 g/mol. The zero-order chi connectivity index (χ0) is 17.7. The molecular formula is C20H23NO4. The molecule has 1 atom stereocenters. The smallest absolute Gasteiger partial charge is 0.168 e. The highest BCUT2D eigenvalue weighted by atomic mass is 16.5. The van der Waals surface area contributed by atoms with Gasteiger partial charge in [-0.2, -0.15) is 0 Å². The number of nitrogens with zero attached hydrogens (tertiary/aromatic N) is 1. The maximum atomic E-state index is 11.0. The number of phenolic OH excluding ortho intramolecular Hbond substituents is 1. The zero-order valence-electron chi connectivity index (χ0n) is 15.0. The number of hydrogen-bond donors (Lipinski definition) is 1. The third-order valence-corrected chi connectivity index (χ3v) is 5.51. The van der Waals surface area contributed by atoms with E-state index in [0.29, 0.717) is 17.2 Å². The fraction of sp³-hybridized carbons (Fsp3) is 0.400. The molecule has 5 heteroatoms. The van der Waals surface area contributed by atoms with Gasteiger partial charge in [0.05, 0.1) is 21.3 Å². The molecule has 0 saturated carbocycles. The van der Waals surface area contributed by atoms with Gasteiger partial charge in [-0.3, -0.25) is 4.90 Å². The maximum absolute atomic E-state index is 11.0. The Morgan fingerprint density at radius 3 is 2.44 bits per heavy atom. The zero-order valence-corrected chi connectivity index (χ0v) is 15.0. The van der Waals surface area contributed by atoms with E-state index in [0.717, 1.165) is 36.1 Å². The van der Waals surface area contributed by atoms with Crippen LogP contribution in [0.4, 0.5) is 0 Å². The number of methoxy groups -OCH3 is 3. The van der Waals surface area contributed by atoms with Crippen LogP contribution >= 0.6 is 0 Å². The van der Waals surface area contributed by atoms with Gasteiger partial charge in [-0.15, -0.1) is 0 Å². The highest BCUT2D eigenvalue weighted by Gasteiger charge is 2.37. The Morgan fingerprint density at radius 1 is 1.00 bits per heavy atom.